The van der Waals surface area contributed by atoms with Crippen LogP contribution in [-0.2, 0) is 9.59 Å². The third-order valence-corrected chi connectivity index (χ3v) is 3.97. The molecule has 1 amide bonds. The monoisotopic (exact) mass is 325 g/mol. The third kappa shape index (κ3) is 4.38. The Morgan fingerprint density at radius 1 is 1.12 bits per heavy atom. The van der Waals surface area contributed by atoms with Crippen molar-refractivity contribution < 1.29 is 14.0 Å². The van der Waals surface area contributed by atoms with Crippen molar-refractivity contribution in [3.8, 4) is 0 Å². The van der Waals surface area contributed by atoms with E-state index in [1.54, 1.807) is 12.1 Å². The van der Waals surface area contributed by atoms with Gasteiger partial charge < -0.3 is 5.32 Å². The van der Waals surface area contributed by atoms with E-state index in [-0.39, 0.29) is 30.0 Å². The summed E-state index contributed by atoms with van der Waals surface area (Å²) >= 11 is 0. The van der Waals surface area contributed by atoms with Gasteiger partial charge in [-0.2, -0.15) is 0 Å². The molecule has 0 fully saturated rings. The molecule has 1 N–H and O–H groups in total. The fourth-order valence-electron chi connectivity index (χ4n) is 2.80. The van der Waals surface area contributed by atoms with Crippen molar-refractivity contribution in [1.29, 1.82) is 0 Å². The largest absolute Gasteiger partial charge is 0.352 e. The van der Waals surface area contributed by atoms with Crippen LogP contribution in [0.15, 0.2) is 67.3 Å². The number of Topliss-reactive ketones (excluding diaryl/α,β-unsaturated/α-hetero) is 1. The minimum absolute atomic E-state index is 0.0718. The van der Waals surface area contributed by atoms with Gasteiger partial charge in [0.15, 0.2) is 0 Å². The number of halogens is 1. The predicted molar refractivity (Wildman–Crippen MR) is 92.1 cm³/mol. The van der Waals surface area contributed by atoms with Crippen LogP contribution in [0.2, 0.25) is 0 Å². The maximum atomic E-state index is 13.7. The van der Waals surface area contributed by atoms with Gasteiger partial charge in [-0.25, -0.2) is 4.39 Å². The van der Waals surface area contributed by atoms with Gasteiger partial charge in [0.05, 0.1) is 0 Å². The molecule has 0 aromatic heterocycles. The van der Waals surface area contributed by atoms with Gasteiger partial charge in [-0.15, -0.1) is 0 Å². The second-order valence-electron chi connectivity index (χ2n) is 5.61. The molecule has 0 spiro atoms. The molecular formula is C20H20FNO2. The predicted octanol–water partition coefficient (Wildman–Crippen LogP) is 3.47. The highest BCUT2D eigenvalue weighted by Crippen LogP contribution is 2.33. The van der Waals surface area contributed by atoms with Gasteiger partial charge in [0.1, 0.15) is 11.6 Å². The number of benzene rings is 2. The molecule has 2 aromatic rings. The molecule has 0 radical (unpaired) electrons. The molecule has 0 aliphatic carbocycles. The van der Waals surface area contributed by atoms with E-state index in [1.165, 1.54) is 19.1 Å². The van der Waals surface area contributed by atoms with Crippen LogP contribution in [0, 0.1) is 11.7 Å². The number of hydrogen-bond donors (Lipinski definition) is 1. The van der Waals surface area contributed by atoms with Gasteiger partial charge in [-0.1, -0.05) is 49.0 Å². The smallest absolute Gasteiger partial charge is 0.243 e. The highest BCUT2D eigenvalue weighted by atomic mass is 19.1. The first-order valence-electron chi connectivity index (χ1n) is 7.74. The number of carbonyl (C=O) groups excluding carboxylic acids is 2. The minimum atomic E-state index is -0.502. The second kappa shape index (κ2) is 8.20. The number of hydrogen-bond acceptors (Lipinski definition) is 2. The molecule has 0 aliphatic rings. The van der Waals surface area contributed by atoms with Crippen molar-refractivity contribution in [3.05, 3.63) is 84.2 Å². The lowest BCUT2D eigenvalue weighted by molar-refractivity contribution is -0.121. The van der Waals surface area contributed by atoms with E-state index in [2.05, 4.69) is 11.9 Å². The van der Waals surface area contributed by atoms with Gasteiger partial charge in [-0.05, 0) is 36.3 Å². The highest BCUT2D eigenvalue weighted by molar-refractivity contribution is 5.88. The van der Waals surface area contributed by atoms with Crippen LogP contribution < -0.4 is 5.32 Å². The van der Waals surface area contributed by atoms with Crippen molar-refractivity contribution in [2.24, 2.45) is 5.92 Å². The summed E-state index contributed by atoms with van der Waals surface area (Å²) in [4.78, 5) is 23.7. The Labute approximate surface area is 141 Å². The van der Waals surface area contributed by atoms with Crippen molar-refractivity contribution in [2.45, 2.75) is 12.8 Å². The molecule has 0 saturated carbocycles. The molecule has 0 saturated heterocycles. The van der Waals surface area contributed by atoms with E-state index in [0.29, 0.717) is 5.56 Å². The fraction of sp³-hybridized carbons (Fsp3) is 0.200. The first kappa shape index (κ1) is 17.6. The zero-order chi connectivity index (χ0) is 17.5. The number of rotatable bonds is 7. The fourth-order valence-corrected chi connectivity index (χ4v) is 2.80. The van der Waals surface area contributed by atoms with Crippen molar-refractivity contribution >= 4 is 11.7 Å². The number of nitrogens with one attached hydrogen (secondary N) is 1. The van der Waals surface area contributed by atoms with Gasteiger partial charge in [0.25, 0.3) is 0 Å². The molecule has 3 nitrogen and oxygen atoms in total. The molecule has 2 aromatic carbocycles. The Bertz CT molecular complexity index is 727. The van der Waals surface area contributed by atoms with Gasteiger partial charge in [0, 0.05) is 18.4 Å². The third-order valence-electron chi connectivity index (χ3n) is 3.97. The van der Waals surface area contributed by atoms with Crippen molar-refractivity contribution in [1.82, 2.24) is 5.32 Å². The molecule has 2 atom stereocenters. The van der Waals surface area contributed by atoms with Crippen LogP contribution in [0.25, 0.3) is 0 Å². The van der Waals surface area contributed by atoms with Crippen LogP contribution in [0.5, 0.6) is 0 Å². The van der Waals surface area contributed by atoms with E-state index in [4.69, 9.17) is 0 Å². The summed E-state index contributed by atoms with van der Waals surface area (Å²) in [6, 6.07) is 15.7. The standard InChI is InChI=1S/C20H20FNO2/c1-3-19(24)22-13-18(14(2)23)20(15-8-5-4-6-9-15)16-10-7-11-17(21)12-16/h3-12,18,20H,1,13H2,2H3,(H,22,24). The van der Waals surface area contributed by atoms with E-state index < -0.39 is 5.92 Å². The number of carbonyl (C=O) groups is 2. The van der Waals surface area contributed by atoms with Gasteiger partial charge in [0.2, 0.25) is 5.91 Å². The van der Waals surface area contributed by atoms with E-state index >= 15 is 0 Å². The summed E-state index contributed by atoms with van der Waals surface area (Å²) in [5, 5.41) is 2.68. The average Bonchev–Trinajstić information content (AvgIpc) is 2.58. The summed E-state index contributed by atoms with van der Waals surface area (Å²) in [5.41, 5.74) is 1.60. The van der Waals surface area contributed by atoms with Crippen LogP contribution in [-0.4, -0.2) is 18.2 Å². The molecule has 4 heteroatoms. The first-order valence-corrected chi connectivity index (χ1v) is 7.74. The molecule has 24 heavy (non-hydrogen) atoms. The number of ketones is 1. The van der Waals surface area contributed by atoms with Crippen molar-refractivity contribution in [3.63, 3.8) is 0 Å². The molecule has 0 aliphatic heterocycles. The van der Waals surface area contributed by atoms with Crippen LogP contribution in [0.4, 0.5) is 4.39 Å². The Hall–Kier alpha value is -2.75. The topological polar surface area (TPSA) is 46.2 Å². The second-order valence-corrected chi connectivity index (χ2v) is 5.61. The Morgan fingerprint density at radius 2 is 1.79 bits per heavy atom. The van der Waals surface area contributed by atoms with E-state index in [1.807, 2.05) is 30.3 Å². The summed E-state index contributed by atoms with van der Waals surface area (Å²) in [5.74, 6) is -1.61. The van der Waals surface area contributed by atoms with Crippen molar-refractivity contribution in [2.75, 3.05) is 6.54 Å². The molecule has 124 valence electrons. The first-order chi connectivity index (χ1) is 11.5. The van der Waals surface area contributed by atoms with Crippen LogP contribution >= 0.6 is 0 Å². The Morgan fingerprint density at radius 3 is 2.38 bits per heavy atom. The lowest BCUT2D eigenvalue weighted by atomic mass is 9.78. The molecule has 0 bridgehead atoms. The summed E-state index contributed by atoms with van der Waals surface area (Å²) in [6.45, 7) is 5.06. The lowest BCUT2D eigenvalue weighted by Gasteiger charge is -2.26. The molecule has 2 rings (SSSR count). The normalized spacial score (nSPS) is 12.9. The maximum Gasteiger partial charge on any atom is 0.243 e. The van der Waals surface area contributed by atoms with Gasteiger partial charge >= 0.3 is 0 Å². The quantitative estimate of drug-likeness (QED) is 0.792. The lowest BCUT2D eigenvalue weighted by Crippen LogP contribution is -2.35. The molecule has 0 heterocycles. The van der Waals surface area contributed by atoms with Gasteiger partial charge in [-0.3, -0.25) is 9.59 Å². The minimum Gasteiger partial charge on any atom is -0.352 e. The molecular weight excluding hydrogens is 305 g/mol. The van der Waals surface area contributed by atoms with Crippen LogP contribution in [0.3, 0.4) is 0 Å². The van der Waals surface area contributed by atoms with Crippen LogP contribution in [0.1, 0.15) is 24.0 Å². The molecule has 2 unspecified atom stereocenters. The van der Waals surface area contributed by atoms with E-state index in [0.717, 1.165) is 11.6 Å². The van der Waals surface area contributed by atoms with E-state index in [9.17, 15) is 14.0 Å². The zero-order valence-electron chi connectivity index (χ0n) is 13.5. The number of amides is 1. The Kier molecular flexibility index (Phi) is 6.01. The zero-order valence-corrected chi connectivity index (χ0v) is 13.5. The maximum absolute atomic E-state index is 13.7. The Balaban J connectivity index is 2.44. The SMILES string of the molecule is C=CC(=O)NCC(C(C)=O)C(c1ccccc1)c1cccc(F)c1. The highest BCUT2D eigenvalue weighted by Gasteiger charge is 2.29. The average molecular weight is 325 g/mol. The summed E-state index contributed by atoms with van der Waals surface area (Å²) < 4.78 is 13.7. The summed E-state index contributed by atoms with van der Waals surface area (Å²) in [6.07, 6.45) is 1.16. The summed E-state index contributed by atoms with van der Waals surface area (Å²) in [7, 11) is 0.